The van der Waals surface area contributed by atoms with Gasteiger partial charge in [0.15, 0.2) is 0 Å². The van der Waals surface area contributed by atoms with E-state index < -0.39 is 12.1 Å². The number of aryl methyl sites for hydroxylation is 1. The topological polar surface area (TPSA) is 42.2 Å². The van der Waals surface area contributed by atoms with E-state index in [4.69, 9.17) is 0 Å². The van der Waals surface area contributed by atoms with E-state index in [1.807, 2.05) is 59.0 Å². The van der Waals surface area contributed by atoms with Crippen molar-refractivity contribution in [3.63, 3.8) is 0 Å². The summed E-state index contributed by atoms with van der Waals surface area (Å²) in [5, 5.41) is 4.02. The highest BCUT2D eigenvalue weighted by Crippen LogP contribution is 2.35. The Morgan fingerprint density at radius 2 is 1.67 bits per heavy atom. The highest BCUT2D eigenvalue weighted by atomic mass is 19.4. The predicted octanol–water partition coefficient (Wildman–Crippen LogP) is 4.88. The third kappa shape index (κ3) is 3.78. The van der Waals surface area contributed by atoms with E-state index in [1.54, 1.807) is 11.7 Å². The van der Waals surface area contributed by atoms with Gasteiger partial charge in [0.2, 0.25) is 0 Å². The zero-order valence-corrected chi connectivity index (χ0v) is 17.0. The number of nitrogens with zero attached hydrogens (tertiary/aromatic N) is 3. The van der Waals surface area contributed by atoms with E-state index in [0.717, 1.165) is 22.6 Å². The molecule has 0 unspecified atom stereocenters. The second kappa shape index (κ2) is 7.74. The smallest absolute Gasteiger partial charge is 0.372 e. The lowest BCUT2D eigenvalue weighted by Gasteiger charge is -2.34. The van der Waals surface area contributed by atoms with Gasteiger partial charge >= 0.3 is 6.18 Å². The molecule has 3 aromatic rings. The van der Waals surface area contributed by atoms with Gasteiger partial charge in [0.05, 0.1) is 16.8 Å². The summed E-state index contributed by atoms with van der Waals surface area (Å²) in [5.41, 5.74) is 3.54. The monoisotopic (exact) mass is 418 g/mol. The number of nitrogens with one attached hydrogen (secondary N) is 1. The van der Waals surface area contributed by atoms with E-state index in [-0.39, 0.29) is 18.4 Å². The number of anilines is 3. The van der Waals surface area contributed by atoms with E-state index in [9.17, 15) is 18.0 Å². The SMILES string of the molecule is CCn1c2cc(Nc3ccc(N4CCC(C(F)(F)F)CC4)cc3)ccc2c(=O)n1C. The van der Waals surface area contributed by atoms with Crippen molar-refractivity contribution in [3.05, 3.63) is 52.8 Å². The molecule has 1 fully saturated rings. The Labute approximate surface area is 172 Å². The van der Waals surface area contributed by atoms with E-state index in [2.05, 4.69) is 5.32 Å². The van der Waals surface area contributed by atoms with Crippen molar-refractivity contribution >= 4 is 28.0 Å². The average Bonchev–Trinajstić information content (AvgIpc) is 2.97. The largest absolute Gasteiger partial charge is 0.391 e. The molecule has 1 aliphatic rings. The Hall–Kier alpha value is -2.90. The molecule has 1 aliphatic heterocycles. The van der Waals surface area contributed by atoms with Gasteiger partial charge in [0, 0.05) is 43.7 Å². The number of hydrogen-bond acceptors (Lipinski definition) is 3. The fourth-order valence-electron chi connectivity index (χ4n) is 4.22. The van der Waals surface area contributed by atoms with Gasteiger partial charge < -0.3 is 10.2 Å². The molecule has 160 valence electrons. The lowest BCUT2D eigenvalue weighted by atomic mass is 9.96. The van der Waals surface area contributed by atoms with Crippen molar-refractivity contribution < 1.29 is 13.2 Å². The van der Waals surface area contributed by atoms with E-state index in [0.29, 0.717) is 25.0 Å². The Kier molecular flexibility index (Phi) is 5.26. The van der Waals surface area contributed by atoms with Crippen LogP contribution in [0.25, 0.3) is 10.9 Å². The number of fused-ring (bicyclic) bond motifs is 1. The third-order valence-corrected chi connectivity index (χ3v) is 5.94. The Morgan fingerprint density at radius 1 is 1.03 bits per heavy atom. The number of hydrogen-bond donors (Lipinski definition) is 1. The third-order valence-electron chi connectivity index (χ3n) is 5.94. The molecule has 0 saturated carbocycles. The normalized spacial score (nSPS) is 15.7. The molecule has 4 rings (SSSR count). The molecule has 8 heteroatoms. The highest BCUT2D eigenvalue weighted by Gasteiger charge is 2.41. The molecule has 0 aliphatic carbocycles. The number of aromatic nitrogens is 2. The van der Waals surface area contributed by atoms with Crippen molar-refractivity contribution in [2.75, 3.05) is 23.3 Å². The second-order valence-electron chi connectivity index (χ2n) is 7.75. The number of piperidine rings is 1. The minimum atomic E-state index is -4.09. The van der Waals surface area contributed by atoms with Gasteiger partial charge in [-0.15, -0.1) is 0 Å². The van der Waals surface area contributed by atoms with Crippen LogP contribution in [0.1, 0.15) is 19.8 Å². The molecule has 0 atom stereocenters. The van der Waals surface area contributed by atoms with Gasteiger partial charge in [-0.05, 0) is 62.2 Å². The molecule has 1 aromatic heterocycles. The Morgan fingerprint density at radius 3 is 2.27 bits per heavy atom. The number of halogens is 3. The van der Waals surface area contributed by atoms with Crippen molar-refractivity contribution in [1.82, 2.24) is 9.36 Å². The summed E-state index contributed by atoms with van der Waals surface area (Å²) in [6.45, 7) is 3.51. The fraction of sp³-hybridized carbons (Fsp3) is 0.409. The molecule has 2 heterocycles. The molecule has 1 N–H and O–H groups in total. The molecular weight excluding hydrogens is 393 g/mol. The summed E-state index contributed by atoms with van der Waals surface area (Å²) < 4.78 is 42.1. The first-order valence-electron chi connectivity index (χ1n) is 10.2. The zero-order valence-electron chi connectivity index (χ0n) is 17.0. The van der Waals surface area contributed by atoms with Crippen molar-refractivity contribution in [2.45, 2.75) is 32.5 Å². The summed E-state index contributed by atoms with van der Waals surface area (Å²) in [4.78, 5) is 14.3. The predicted molar refractivity (Wildman–Crippen MR) is 114 cm³/mol. The van der Waals surface area contributed by atoms with Gasteiger partial charge in [-0.3, -0.25) is 14.2 Å². The van der Waals surface area contributed by atoms with Crippen LogP contribution in [-0.4, -0.2) is 28.6 Å². The Bertz CT molecular complexity index is 1090. The molecule has 5 nitrogen and oxygen atoms in total. The van der Waals surface area contributed by atoms with Crippen LogP contribution in [0.2, 0.25) is 0 Å². The molecule has 0 radical (unpaired) electrons. The minimum Gasteiger partial charge on any atom is -0.372 e. The Balaban J connectivity index is 1.47. The summed E-state index contributed by atoms with van der Waals surface area (Å²) >= 11 is 0. The summed E-state index contributed by atoms with van der Waals surface area (Å²) in [6, 6.07) is 13.4. The molecule has 0 spiro atoms. The standard InChI is InChI=1S/C22H25F3N4O/c1-3-29-20-14-17(6-9-19(20)21(30)27(29)2)26-16-4-7-18(8-5-16)28-12-10-15(11-13-28)22(23,24)25/h4-9,14-15,26H,3,10-13H2,1-2H3. The highest BCUT2D eigenvalue weighted by molar-refractivity contribution is 5.83. The quantitative estimate of drug-likeness (QED) is 0.657. The van der Waals surface area contributed by atoms with Crippen LogP contribution in [0, 0.1) is 5.92 Å². The summed E-state index contributed by atoms with van der Waals surface area (Å²) in [7, 11) is 1.76. The van der Waals surface area contributed by atoms with E-state index in [1.165, 1.54) is 0 Å². The van der Waals surface area contributed by atoms with Crippen LogP contribution >= 0.6 is 0 Å². The molecule has 0 bridgehead atoms. The van der Waals surface area contributed by atoms with Crippen molar-refractivity contribution in [2.24, 2.45) is 13.0 Å². The second-order valence-corrected chi connectivity index (χ2v) is 7.75. The first-order valence-corrected chi connectivity index (χ1v) is 10.2. The number of rotatable bonds is 4. The zero-order chi connectivity index (χ0) is 21.5. The lowest BCUT2D eigenvalue weighted by Crippen LogP contribution is -2.38. The van der Waals surface area contributed by atoms with Crippen LogP contribution < -0.4 is 15.8 Å². The average molecular weight is 418 g/mol. The van der Waals surface area contributed by atoms with Crippen LogP contribution in [-0.2, 0) is 13.6 Å². The minimum absolute atomic E-state index is 0.0166. The molecule has 30 heavy (non-hydrogen) atoms. The fourth-order valence-corrected chi connectivity index (χ4v) is 4.22. The van der Waals surface area contributed by atoms with Gasteiger partial charge in [0.1, 0.15) is 0 Å². The van der Waals surface area contributed by atoms with Gasteiger partial charge in [-0.1, -0.05) is 0 Å². The van der Waals surface area contributed by atoms with Crippen LogP contribution in [0.15, 0.2) is 47.3 Å². The van der Waals surface area contributed by atoms with Crippen molar-refractivity contribution in [1.29, 1.82) is 0 Å². The van der Waals surface area contributed by atoms with Gasteiger partial charge in [-0.25, -0.2) is 0 Å². The molecular formula is C22H25F3N4O. The molecule has 1 saturated heterocycles. The van der Waals surface area contributed by atoms with E-state index >= 15 is 0 Å². The maximum absolute atomic E-state index is 12.9. The number of alkyl halides is 3. The lowest BCUT2D eigenvalue weighted by molar-refractivity contribution is -0.179. The first kappa shape index (κ1) is 20.4. The molecule has 2 aromatic carbocycles. The number of benzene rings is 2. The van der Waals surface area contributed by atoms with Gasteiger partial charge in [0.25, 0.3) is 5.56 Å². The van der Waals surface area contributed by atoms with Crippen LogP contribution in [0.4, 0.5) is 30.2 Å². The van der Waals surface area contributed by atoms with Crippen molar-refractivity contribution in [3.8, 4) is 0 Å². The first-order chi connectivity index (χ1) is 14.3. The van der Waals surface area contributed by atoms with Crippen LogP contribution in [0.3, 0.4) is 0 Å². The molecule has 0 amide bonds. The van der Waals surface area contributed by atoms with Crippen LogP contribution in [0.5, 0.6) is 0 Å². The van der Waals surface area contributed by atoms with Gasteiger partial charge in [-0.2, -0.15) is 13.2 Å². The maximum atomic E-state index is 12.9. The maximum Gasteiger partial charge on any atom is 0.391 e. The summed E-state index contributed by atoms with van der Waals surface area (Å²) in [6.07, 6.45) is -3.82. The summed E-state index contributed by atoms with van der Waals surface area (Å²) in [5.74, 6) is -1.19.